The van der Waals surface area contributed by atoms with Gasteiger partial charge in [0.2, 0.25) is 11.8 Å². The number of ether oxygens (including phenoxy) is 2. The average Bonchev–Trinajstić information content (AvgIpc) is 3.14. The smallest absolute Gasteiger partial charge is 0.223 e. The van der Waals surface area contributed by atoms with Gasteiger partial charge in [0.05, 0.1) is 24.9 Å². The van der Waals surface area contributed by atoms with E-state index in [1.54, 1.807) is 12.1 Å². The molecule has 1 aromatic heterocycles. The molecule has 0 saturated heterocycles. The third-order valence-corrected chi connectivity index (χ3v) is 6.82. The predicted molar refractivity (Wildman–Crippen MR) is 150 cm³/mol. The molecule has 0 atom stereocenters. The van der Waals surface area contributed by atoms with E-state index in [0.29, 0.717) is 49.6 Å². The van der Waals surface area contributed by atoms with Gasteiger partial charge in [-0.25, -0.2) is 0 Å². The number of aryl methyl sites for hydroxylation is 1. The fourth-order valence-electron chi connectivity index (χ4n) is 5.05. The lowest BCUT2D eigenvalue weighted by molar-refractivity contribution is 0.122. The molecule has 0 fully saturated rings. The molecule has 0 amide bonds. The summed E-state index contributed by atoms with van der Waals surface area (Å²) in [4.78, 5) is 6.16. The van der Waals surface area contributed by atoms with Gasteiger partial charge in [0, 0.05) is 24.7 Å². The fraction of sp³-hybridized carbons (Fsp3) is 0.375. The molecule has 0 unspecified atom stereocenters. The highest BCUT2D eigenvalue weighted by molar-refractivity contribution is 6.00. The van der Waals surface area contributed by atoms with Gasteiger partial charge >= 0.3 is 0 Å². The molecular weight excluding hydrogens is 496 g/mol. The number of allylic oxidation sites excluding steroid dienone is 1. The van der Waals surface area contributed by atoms with Gasteiger partial charge < -0.3 is 9.47 Å². The third-order valence-electron chi connectivity index (χ3n) is 6.82. The van der Waals surface area contributed by atoms with Crippen molar-refractivity contribution >= 4 is 11.1 Å². The molecule has 3 aromatic rings. The first-order chi connectivity index (χ1) is 19.1. The van der Waals surface area contributed by atoms with E-state index in [1.165, 1.54) is 0 Å². The first-order valence-electron chi connectivity index (χ1n) is 13.7. The van der Waals surface area contributed by atoms with Gasteiger partial charge in [-0.2, -0.15) is 14.6 Å². The van der Waals surface area contributed by atoms with Gasteiger partial charge in [-0.1, -0.05) is 25.1 Å². The zero-order chi connectivity index (χ0) is 27.6. The standard InChI is InChI=1S/C32H35F2N3O2/c1-3-18-37(19-6-17-33)22-39-26-12-10-24(11-13-26)31-27-14-9-23(21-35)20-25(27)7-5-8-28(31)29-15-16-30(38-4-2)36-32(29)34/h9-16,20H,3-8,17-19,22H2,1-2H3. The Hall–Kier alpha value is -3.76. The van der Waals surface area contributed by atoms with Gasteiger partial charge in [0.1, 0.15) is 12.5 Å². The number of nitrogens with zero attached hydrogens (tertiary/aromatic N) is 3. The molecule has 0 aliphatic heterocycles. The molecule has 0 saturated carbocycles. The maximum absolute atomic E-state index is 15.3. The molecule has 0 spiro atoms. The highest BCUT2D eigenvalue weighted by atomic mass is 19.1. The number of fused-ring (bicyclic) bond motifs is 1. The number of aromatic nitrogens is 1. The summed E-state index contributed by atoms with van der Waals surface area (Å²) in [5.74, 6) is 0.415. The summed E-state index contributed by atoms with van der Waals surface area (Å²) < 4.78 is 39.4. The molecule has 0 radical (unpaired) electrons. The number of hydrogen-bond donors (Lipinski definition) is 0. The van der Waals surface area contributed by atoms with Crippen LogP contribution in [0.3, 0.4) is 0 Å². The van der Waals surface area contributed by atoms with Gasteiger partial charge in [0.25, 0.3) is 0 Å². The summed E-state index contributed by atoms with van der Waals surface area (Å²) in [5, 5.41) is 9.46. The normalized spacial score (nSPS) is 13.1. The topological polar surface area (TPSA) is 58.4 Å². The van der Waals surface area contributed by atoms with Crippen LogP contribution < -0.4 is 9.47 Å². The van der Waals surface area contributed by atoms with Crippen molar-refractivity contribution in [3.05, 3.63) is 88.4 Å². The summed E-state index contributed by atoms with van der Waals surface area (Å²) >= 11 is 0. The number of rotatable bonds is 12. The summed E-state index contributed by atoms with van der Waals surface area (Å²) in [6.07, 6.45) is 3.73. The zero-order valence-corrected chi connectivity index (χ0v) is 22.7. The van der Waals surface area contributed by atoms with Crippen LogP contribution in [0.15, 0.2) is 54.6 Å². The molecule has 204 valence electrons. The predicted octanol–water partition coefficient (Wildman–Crippen LogP) is 7.19. The zero-order valence-electron chi connectivity index (χ0n) is 22.7. The Bertz CT molecular complexity index is 1330. The molecule has 4 rings (SSSR count). The third kappa shape index (κ3) is 7.01. The van der Waals surface area contributed by atoms with E-state index >= 15 is 4.39 Å². The molecule has 1 heterocycles. The van der Waals surface area contributed by atoms with Crippen molar-refractivity contribution in [2.45, 2.75) is 46.0 Å². The number of pyridine rings is 1. The second-order valence-corrected chi connectivity index (χ2v) is 9.57. The Kier molecular flexibility index (Phi) is 10.0. The van der Waals surface area contributed by atoms with Crippen LogP contribution in [0.1, 0.15) is 67.3 Å². The van der Waals surface area contributed by atoms with E-state index in [-0.39, 0.29) is 12.6 Å². The maximum atomic E-state index is 15.3. The molecule has 1 aliphatic carbocycles. The van der Waals surface area contributed by atoms with Crippen LogP contribution in [-0.4, -0.2) is 43.0 Å². The largest absolute Gasteiger partial charge is 0.478 e. The van der Waals surface area contributed by atoms with Crippen molar-refractivity contribution in [1.82, 2.24) is 9.88 Å². The minimum absolute atomic E-state index is 0.263. The highest BCUT2D eigenvalue weighted by Crippen LogP contribution is 2.41. The van der Waals surface area contributed by atoms with E-state index in [2.05, 4.69) is 22.9 Å². The quantitative estimate of drug-likeness (QED) is 0.183. The number of alkyl halides is 1. The van der Waals surface area contributed by atoms with Crippen LogP contribution >= 0.6 is 0 Å². The Morgan fingerprint density at radius 1 is 0.974 bits per heavy atom. The number of hydrogen-bond acceptors (Lipinski definition) is 5. The van der Waals surface area contributed by atoms with Crippen molar-refractivity contribution in [2.75, 3.05) is 33.1 Å². The fourth-order valence-corrected chi connectivity index (χ4v) is 5.05. The first-order valence-corrected chi connectivity index (χ1v) is 13.7. The van der Waals surface area contributed by atoms with E-state index in [4.69, 9.17) is 9.47 Å². The SMILES string of the molecule is CCCN(CCCF)COc1ccc(C2=C(c3ccc(OCC)nc3F)CCCc3cc(C#N)ccc32)cc1. The van der Waals surface area contributed by atoms with Crippen molar-refractivity contribution in [3.8, 4) is 17.7 Å². The van der Waals surface area contributed by atoms with Crippen molar-refractivity contribution < 1.29 is 18.3 Å². The molecule has 7 heteroatoms. The summed E-state index contributed by atoms with van der Waals surface area (Å²) in [6.45, 7) is 5.90. The molecule has 39 heavy (non-hydrogen) atoms. The lowest BCUT2D eigenvalue weighted by atomic mass is 9.87. The summed E-state index contributed by atoms with van der Waals surface area (Å²) in [7, 11) is 0. The Balaban J connectivity index is 1.73. The number of nitriles is 1. The van der Waals surface area contributed by atoms with E-state index in [9.17, 15) is 9.65 Å². The lowest BCUT2D eigenvalue weighted by Crippen LogP contribution is -2.30. The average molecular weight is 532 g/mol. The Morgan fingerprint density at radius 2 is 1.77 bits per heavy atom. The second kappa shape index (κ2) is 13.9. The maximum Gasteiger partial charge on any atom is 0.223 e. The van der Waals surface area contributed by atoms with E-state index in [0.717, 1.165) is 53.6 Å². The first kappa shape index (κ1) is 28.3. The van der Waals surface area contributed by atoms with Crippen molar-refractivity contribution in [2.24, 2.45) is 0 Å². The summed E-state index contributed by atoms with van der Waals surface area (Å²) in [6, 6.07) is 19.2. The van der Waals surface area contributed by atoms with E-state index in [1.807, 2.05) is 49.4 Å². The Morgan fingerprint density at radius 3 is 2.46 bits per heavy atom. The number of halogens is 2. The van der Waals surface area contributed by atoms with Crippen LogP contribution in [0.5, 0.6) is 11.6 Å². The molecule has 0 N–H and O–H groups in total. The minimum Gasteiger partial charge on any atom is -0.478 e. The minimum atomic E-state index is -0.560. The van der Waals surface area contributed by atoms with Crippen LogP contribution in [0.4, 0.5) is 8.78 Å². The van der Waals surface area contributed by atoms with Crippen LogP contribution in [0.25, 0.3) is 11.1 Å². The van der Waals surface area contributed by atoms with Gasteiger partial charge in [-0.05, 0) is 97.2 Å². The summed E-state index contributed by atoms with van der Waals surface area (Å²) in [5.41, 5.74) is 5.86. The molecular formula is C32H35F2N3O2. The van der Waals surface area contributed by atoms with Crippen LogP contribution in [0, 0.1) is 17.3 Å². The van der Waals surface area contributed by atoms with Crippen molar-refractivity contribution in [1.29, 1.82) is 5.26 Å². The van der Waals surface area contributed by atoms with Gasteiger partial charge in [0.15, 0.2) is 0 Å². The molecule has 0 bridgehead atoms. The van der Waals surface area contributed by atoms with E-state index < -0.39 is 5.95 Å². The van der Waals surface area contributed by atoms with Gasteiger partial charge in [-0.15, -0.1) is 0 Å². The second-order valence-electron chi connectivity index (χ2n) is 9.57. The monoisotopic (exact) mass is 531 g/mol. The number of benzene rings is 2. The molecule has 1 aliphatic rings. The lowest BCUT2D eigenvalue weighted by Gasteiger charge is -2.21. The van der Waals surface area contributed by atoms with Crippen LogP contribution in [-0.2, 0) is 6.42 Å². The Labute approximate surface area is 229 Å². The highest BCUT2D eigenvalue weighted by Gasteiger charge is 2.23. The van der Waals surface area contributed by atoms with Gasteiger partial charge in [-0.3, -0.25) is 9.29 Å². The van der Waals surface area contributed by atoms with Crippen LogP contribution in [0.2, 0.25) is 0 Å². The van der Waals surface area contributed by atoms with Crippen molar-refractivity contribution in [3.63, 3.8) is 0 Å². The molecule has 2 aromatic carbocycles. The molecule has 5 nitrogen and oxygen atoms in total.